The number of carbonyl (C=O) groups excluding carboxylic acids is 1. The highest BCUT2D eigenvalue weighted by Crippen LogP contribution is 2.15. The Balaban J connectivity index is 2.36. The fourth-order valence-electron chi connectivity index (χ4n) is 1.89. The molecule has 0 saturated heterocycles. The molecule has 110 valence electrons. The molecular formula is C17H12O5. The van der Waals surface area contributed by atoms with Gasteiger partial charge in [0.05, 0.1) is 11.1 Å². The molecule has 2 rings (SSSR count). The van der Waals surface area contributed by atoms with Crippen molar-refractivity contribution < 1.29 is 24.6 Å². The molecule has 0 aromatic heterocycles. The summed E-state index contributed by atoms with van der Waals surface area (Å²) in [5.41, 5.74) is 0.514. The predicted molar refractivity (Wildman–Crippen MR) is 80.2 cm³/mol. The third-order valence-corrected chi connectivity index (χ3v) is 3.00. The monoisotopic (exact) mass is 296 g/mol. The molecule has 22 heavy (non-hydrogen) atoms. The first-order valence-electron chi connectivity index (χ1n) is 6.37. The van der Waals surface area contributed by atoms with E-state index >= 15 is 0 Å². The average Bonchev–Trinajstić information content (AvgIpc) is 2.52. The Morgan fingerprint density at radius 3 is 2.09 bits per heavy atom. The summed E-state index contributed by atoms with van der Waals surface area (Å²) < 4.78 is 0. The number of hydrogen-bond acceptors (Lipinski definition) is 3. The van der Waals surface area contributed by atoms with Gasteiger partial charge in [-0.2, -0.15) is 0 Å². The molecule has 0 heterocycles. The van der Waals surface area contributed by atoms with E-state index in [1.165, 1.54) is 30.4 Å². The highest BCUT2D eigenvalue weighted by Gasteiger charge is 2.12. The van der Waals surface area contributed by atoms with Crippen molar-refractivity contribution in [1.29, 1.82) is 0 Å². The van der Waals surface area contributed by atoms with Crippen LogP contribution in [0.1, 0.15) is 36.6 Å². The van der Waals surface area contributed by atoms with Crippen LogP contribution in [-0.2, 0) is 0 Å². The number of benzene rings is 2. The second-order valence-corrected chi connectivity index (χ2v) is 4.48. The number of hydrogen-bond donors (Lipinski definition) is 2. The lowest BCUT2D eigenvalue weighted by atomic mass is 10.0. The highest BCUT2D eigenvalue weighted by molar-refractivity contribution is 6.07. The molecule has 0 aliphatic carbocycles. The van der Waals surface area contributed by atoms with Gasteiger partial charge in [-0.25, -0.2) is 9.59 Å². The number of carboxylic acid groups (broad SMARTS) is 2. The lowest BCUT2D eigenvalue weighted by Crippen LogP contribution is -2.03. The lowest BCUT2D eigenvalue weighted by Gasteiger charge is -2.03. The third kappa shape index (κ3) is 3.46. The van der Waals surface area contributed by atoms with Gasteiger partial charge in [-0.15, -0.1) is 0 Å². The minimum Gasteiger partial charge on any atom is -0.478 e. The van der Waals surface area contributed by atoms with Crippen LogP contribution < -0.4 is 0 Å². The summed E-state index contributed by atoms with van der Waals surface area (Å²) in [6, 6.07) is 12.1. The third-order valence-electron chi connectivity index (χ3n) is 3.00. The topological polar surface area (TPSA) is 91.7 Å². The number of carbonyl (C=O) groups is 3. The molecule has 0 aliphatic rings. The molecule has 0 amide bonds. The summed E-state index contributed by atoms with van der Waals surface area (Å²) in [5.74, 6) is -2.65. The van der Waals surface area contributed by atoms with Crippen molar-refractivity contribution in [3.8, 4) is 0 Å². The number of allylic oxidation sites excluding steroid dienone is 1. The Labute approximate surface area is 126 Å². The van der Waals surface area contributed by atoms with Crippen molar-refractivity contribution >= 4 is 23.8 Å². The molecular weight excluding hydrogens is 284 g/mol. The number of aromatic carboxylic acids is 2. The molecule has 0 fully saturated rings. The van der Waals surface area contributed by atoms with E-state index in [0.29, 0.717) is 5.56 Å². The molecule has 0 unspecified atom stereocenters. The van der Waals surface area contributed by atoms with Crippen LogP contribution in [0.2, 0.25) is 0 Å². The Bertz CT molecular complexity index is 760. The molecule has 0 aliphatic heterocycles. The van der Waals surface area contributed by atoms with Crippen molar-refractivity contribution in [3.05, 3.63) is 76.9 Å². The molecule has 5 nitrogen and oxygen atoms in total. The van der Waals surface area contributed by atoms with Crippen LogP contribution in [0.5, 0.6) is 0 Å². The van der Waals surface area contributed by atoms with Crippen molar-refractivity contribution in [2.24, 2.45) is 0 Å². The van der Waals surface area contributed by atoms with Crippen LogP contribution in [0, 0.1) is 0 Å². The largest absolute Gasteiger partial charge is 0.478 e. The molecule has 0 spiro atoms. The van der Waals surface area contributed by atoms with Gasteiger partial charge < -0.3 is 10.2 Å². The Hall–Kier alpha value is -3.21. The van der Waals surface area contributed by atoms with Gasteiger partial charge in [0.1, 0.15) is 0 Å². The van der Waals surface area contributed by atoms with Crippen molar-refractivity contribution in [1.82, 2.24) is 0 Å². The minimum atomic E-state index is -1.19. The Kier molecular flexibility index (Phi) is 4.48. The van der Waals surface area contributed by atoms with Gasteiger partial charge in [-0.1, -0.05) is 36.4 Å². The van der Waals surface area contributed by atoms with Crippen molar-refractivity contribution in [2.45, 2.75) is 0 Å². The van der Waals surface area contributed by atoms with Gasteiger partial charge >= 0.3 is 11.9 Å². The van der Waals surface area contributed by atoms with E-state index in [1.807, 2.05) is 0 Å². The highest BCUT2D eigenvalue weighted by atomic mass is 16.4. The van der Waals surface area contributed by atoms with Crippen LogP contribution in [0.4, 0.5) is 0 Å². The number of ketones is 1. The van der Waals surface area contributed by atoms with Gasteiger partial charge in [0, 0.05) is 5.56 Å². The summed E-state index contributed by atoms with van der Waals surface area (Å²) in [6.45, 7) is 0. The summed E-state index contributed by atoms with van der Waals surface area (Å²) in [6.07, 6.45) is 2.54. The summed E-state index contributed by atoms with van der Waals surface area (Å²) in [4.78, 5) is 34.1. The van der Waals surface area contributed by atoms with Gasteiger partial charge in [0.2, 0.25) is 0 Å². The van der Waals surface area contributed by atoms with E-state index in [1.54, 1.807) is 30.3 Å². The maximum atomic E-state index is 12.0. The van der Waals surface area contributed by atoms with Crippen LogP contribution >= 0.6 is 0 Å². The fourth-order valence-corrected chi connectivity index (χ4v) is 1.89. The first-order chi connectivity index (χ1) is 10.5. The SMILES string of the molecule is O=C(O)c1ccc(C(=O)O)c(/C=C/C(=O)c2ccccc2)c1. The zero-order valence-electron chi connectivity index (χ0n) is 11.4. The fraction of sp³-hybridized carbons (Fsp3) is 0. The number of carboxylic acids is 2. The van der Waals surface area contributed by atoms with Gasteiger partial charge in [0.15, 0.2) is 5.78 Å². The summed E-state index contributed by atoms with van der Waals surface area (Å²) in [5, 5.41) is 18.1. The standard InChI is InChI=1S/C17H12O5/c18-15(11-4-2-1-3-5-11)9-7-12-10-13(16(19)20)6-8-14(12)17(21)22/h1-10H,(H,19,20)(H,21,22)/b9-7+. The van der Waals surface area contributed by atoms with Gasteiger partial charge in [0.25, 0.3) is 0 Å². The van der Waals surface area contributed by atoms with Crippen LogP contribution in [-0.4, -0.2) is 27.9 Å². The van der Waals surface area contributed by atoms with E-state index in [0.717, 1.165) is 0 Å². The van der Waals surface area contributed by atoms with Gasteiger partial charge in [-0.3, -0.25) is 4.79 Å². The zero-order chi connectivity index (χ0) is 16.1. The summed E-state index contributed by atoms with van der Waals surface area (Å²) >= 11 is 0. The second-order valence-electron chi connectivity index (χ2n) is 4.48. The maximum absolute atomic E-state index is 12.0. The molecule has 0 saturated carbocycles. The molecule has 0 radical (unpaired) electrons. The molecule has 0 atom stereocenters. The number of rotatable bonds is 5. The first kappa shape index (κ1) is 15.2. The van der Waals surface area contributed by atoms with Crippen LogP contribution in [0.3, 0.4) is 0 Å². The lowest BCUT2D eigenvalue weighted by molar-refractivity contribution is 0.0681. The zero-order valence-corrected chi connectivity index (χ0v) is 11.4. The smallest absolute Gasteiger partial charge is 0.336 e. The average molecular weight is 296 g/mol. The molecule has 2 aromatic carbocycles. The maximum Gasteiger partial charge on any atom is 0.336 e. The second kappa shape index (κ2) is 6.49. The van der Waals surface area contributed by atoms with Crippen molar-refractivity contribution in [2.75, 3.05) is 0 Å². The van der Waals surface area contributed by atoms with Gasteiger partial charge in [-0.05, 0) is 29.8 Å². The van der Waals surface area contributed by atoms with Crippen molar-refractivity contribution in [3.63, 3.8) is 0 Å². The van der Waals surface area contributed by atoms with E-state index in [2.05, 4.69) is 0 Å². The predicted octanol–water partition coefficient (Wildman–Crippen LogP) is 2.98. The van der Waals surface area contributed by atoms with E-state index in [-0.39, 0.29) is 22.5 Å². The molecule has 2 N–H and O–H groups in total. The Morgan fingerprint density at radius 2 is 1.50 bits per heavy atom. The summed E-state index contributed by atoms with van der Waals surface area (Å²) in [7, 11) is 0. The van der Waals surface area contributed by atoms with E-state index < -0.39 is 11.9 Å². The van der Waals surface area contributed by atoms with E-state index in [9.17, 15) is 14.4 Å². The van der Waals surface area contributed by atoms with Crippen LogP contribution in [0.15, 0.2) is 54.6 Å². The normalized spacial score (nSPS) is 10.5. The van der Waals surface area contributed by atoms with Crippen LogP contribution in [0.25, 0.3) is 6.08 Å². The molecule has 2 aromatic rings. The quantitative estimate of drug-likeness (QED) is 0.653. The molecule has 5 heteroatoms. The van der Waals surface area contributed by atoms with E-state index in [4.69, 9.17) is 10.2 Å². The molecule has 0 bridgehead atoms. The first-order valence-corrected chi connectivity index (χ1v) is 6.37. The minimum absolute atomic E-state index is 0.0446. The Morgan fingerprint density at radius 1 is 0.818 bits per heavy atom.